The molecular weight excluding hydrogens is 1390 g/mol. The molecule has 3 saturated heterocycles. The fraction of sp³-hybridized carbons (Fsp3) is 0.357. The highest BCUT2D eigenvalue weighted by Gasteiger charge is 2.47. The molecule has 30 heteroatoms. The third-order valence-corrected chi connectivity index (χ3v) is 21.9. The van der Waals surface area contributed by atoms with Crippen LogP contribution in [0.25, 0.3) is 44.9 Å². The lowest BCUT2D eigenvalue weighted by Gasteiger charge is -2.30. The smallest absolute Gasteiger partial charge is 0.407 e. The van der Waals surface area contributed by atoms with E-state index in [0.717, 1.165) is 56.5 Å². The number of likely N-dealkylation sites (tertiary alicyclic amines) is 1. The summed E-state index contributed by atoms with van der Waals surface area (Å²) in [4.78, 5) is 106. The zero-order chi connectivity index (χ0) is 71.7. The molecule has 0 bridgehead atoms. The fourth-order valence-electron chi connectivity index (χ4n) is 12.2. The number of sulfonamides is 2. The number of carbonyl (C=O) groups excluding carboxylic acids is 6. The van der Waals surface area contributed by atoms with E-state index in [2.05, 4.69) is 61.8 Å². The molecule has 27 nitrogen and oxygen atoms in total. The number of benzene rings is 5. The molecule has 8 aromatic rings. The number of H-pyrrole nitrogens is 3. The number of ether oxygens (including phenoxy) is 3. The molecular formula is C70H81BrN14O13S2. The average molecular weight is 1470 g/mol. The topological polar surface area (TPSA) is 337 Å². The number of hydrogen-bond donors (Lipinski definition) is 6. The number of carbonyl (C=O) groups is 6. The summed E-state index contributed by atoms with van der Waals surface area (Å²) in [5.41, 5.74) is 6.83. The molecule has 6 N–H and O–H groups in total. The molecule has 3 fully saturated rings. The van der Waals surface area contributed by atoms with E-state index < -0.39 is 80.3 Å². The summed E-state index contributed by atoms with van der Waals surface area (Å²) in [6, 6.07) is 35.4. The fourth-order valence-corrected chi connectivity index (χ4v) is 15.3. The number of aromatic nitrogens is 6. The Morgan fingerprint density at radius 1 is 0.450 bits per heavy atom. The van der Waals surface area contributed by atoms with Crippen LogP contribution in [0.3, 0.4) is 0 Å². The van der Waals surface area contributed by atoms with E-state index in [0.29, 0.717) is 29.7 Å². The van der Waals surface area contributed by atoms with E-state index in [-0.39, 0.29) is 65.9 Å². The molecule has 3 aromatic heterocycles. The van der Waals surface area contributed by atoms with Crippen molar-refractivity contribution in [1.29, 1.82) is 0 Å². The summed E-state index contributed by atoms with van der Waals surface area (Å²) in [6.45, 7) is 11.0. The Bertz CT molecular complexity index is 4420. The maximum Gasteiger partial charge on any atom is 0.407 e. The van der Waals surface area contributed by atoms with Gasteiger partial charge >= 0.3 is 18.3 Å². The Hall–Kier alpha value is -9.75. The lowest BCUT2D eigenvalue weighted by molar-refractivity contribution is -0.136. The van der Waals surface area contributed by atoms with Gasteiger partial charge in [0.15, 0.2) is 0 Å². The van der Waals surface area contributed by atoms with Crippen molar-refractivity contribution in [2.45, 2.75) is 100 Å². The Balaban J connectivity index is 0.000000248. The number of nitrogens with one attached hydrogen (secondary N) is 6. The van der Waals surface area contributed by atoms with Crippen molar-refractivity contribution in [1.82, 2.24) is 69.2 Å². The number of imidazole rings is 3. The molecule has 5 aromatic carbocycles. The van der Waals surface area contributed by atoms with Crippen molar-refractivity contribution in [2.75, 3.05) is 54.3 Å². The van der Waals surface area contributed by atoms with Crippen LogP contribution < -0.4 is 16.0 Å². The van der Waals surface area contributed by atoms with E-state index in [1.54, 1.807) is 87.6 Å². The van der Waals surface area contributed by atoms with Crippen LogP contribution in [0.4, 0.5) is 14.4 Å². The van der Waals surface area contributed by atoms with Crippen LogP contribution in [-0.4, -0.2) is 178 Å². The van der Waals surface area contributed by atoms with Crippen molar-refractivity contribution in [3.8, 4) is 44.9 Å². The Morgan fingerprint density at radius 2 is 0.760 bits per heavy atom. The molecule has 100 heavy (non-hydrogen) atoms. The van der Waals surface area contributed by atoms with Gasteiger partial charge < -0.3 is 59.8 Å². The molecule has 6 amide bonds. The van der Waals surface area contributed by atoms with Crippen LogP contribution in [0.5, 0.6) is 0 Å². The van der Waals surface area contributed by atoms with Gasteiger partial charge in [0, 0.05) is 24.1 Å². The number of rotatable bonds is 20. The second-order valence-corrected chi connectivity index (χ2v) is 30.1. The average Bonchev–Trinajstić information content (AvgIpc) is 1.63. The van der Waals surface area contributed by atoms with Crippen LogP contribution in [0, 0.1) is 17.8 Å². The molecule has 0 aliphatic carbocycles. The molecule has 6 atom stereocenters. The Morgan fingerprint density at radius 3 is 1.09 bits per heavy atom. The van der Waals surface area contributed by atoms with Crippen molar-refractivity contribution in [3.05, 3.63) is 174 Å². The van der Waals surface area contributed by atoms with Crippen LogP contribution >= 0.6 is 15.9 Å². The van der Waals surface area contributed by atoms with E-state index >= 15 is 0 Å². The lowest BCUT2D eigenvalue weighted by Crippen LogP contribution is -2.51. The van der Waals surface area contributed by atoms with E-state index in [9.17, 15) is 45.6 Å². The summed E-state index contributed by atoms with van der Waals surface area (Å²) < 4.78 is 72.0. The van der Waals surface area contributed by atoms with Crippen molar-refractivity contribution < 1.29 is 59.8 Å². The molecule has 3 aliphatic rings. The molecule has 11 rings (SSSR count). The summed E-state index contributed by atoms with van der Waals surface area (Å²) in [5, 5.41) is 7.87. The molecule has 0 saturated carbocycles. The van der Waals surface area contributed by atoms with Gasteiger partial charge in [0.05, 0.1) is 86.2 Å². The minimum absolute atomic E-state index is 0.000696. The highest BCUT2D eigenvalue weighted by atomic mass is 79.9. The summed E-state index contributed by atoms with van der Waals surface area (Å²) in [5.74, 6) is -0.268. The number of methoxy groups -OCH3 is 3. The van der Waals surface area contributed by atoms with Gasteiger partial charge in [-0.05, 0) is 94.8 Å². The maximum absolute atomic E-state index is 14.1. The van der Waals surface area contributed by atoms with Crippen LogP contribution in [0.1, 0.15) is 90.0 Å². The Kier molecular flexibility index (Phi) is 23.1. The van der Waals surface area contributed by atoms with Crippen molar-refractivity contribution in [2.24, 2.45) is 17.8 Å². The highest BCUT2D eigenvalue weighted by molar-refractivity contribution is 9.10. The van der Waals surface area contributed by atoms with Gasteiger partial charge in [-0.25, -0.2) is 46.2 Å². The monoisotopic (exact) mass is 1470 g/mol. The maximum atomic E-state index is 14.1. The first-order valence-electron chi connectivity index (χ1n) is 32.5. The van der Waals surface area contributed by atoms with Crippen LogP contribution in [0.2, 0.25) is 0 Å². The van der Waals surface area contributed by atoms with Gasteiger partial charge in [0.2, 0.25) is 37.8 Å². The van der Waals surface area contributed by atoms with Crippen LogP contribution in [-0.2, 0) is 48.6 Å². The van der Waals surface area contributed by atoms with Crippen LogP contribution in [0.15, 0.2) is 166 Å². The van der Waals surface area contributed by atoms with Gasteiger partial charge in [0.25, 0.3) is 0 Å². The normalized spacial score (nSPS) is 17.5. The third kappa shape index (κ3) is 16.3. The summed E-state index contributed by atoms with van der Waals surface area (Å²) in [7, 11) is -4.16. The lowest BCUT2D eigenvalue weighted by atomic mass is 10.0. The number of halogens is 1. The number of aromatic amines is 3. The largest absolute Gasteiger partial charge is 0.453 e. The van der Waals surface area contributed by atoms with E-state index in [1.807, 2.05) is 86.6 Å². The van der Waals surface area contributed by atoms with Crippen molar-refractivity contribution in [3.63, 3.8) is 0 Å². The molecule has 528 valence electrons. The minimum Gasteiger partial charge on any atom is -0.453 e. The van der Waals surface area contributed by atoms with E-state index in [4.69, 9.17) is 14.2 Å². The zero-order valence-electron chi connectivity index (χ0n) is 56.7. The molecule has 6 heterocycles. The first kappa shape index (κ1) is 73.0. The first-order valence-corrected chi connectivity index (χ1v) is 36.2. The SMILES string of the molecule is COC(=O)N[C@H](C(=O)N1CCC[C@H]1c1ncc(-c2ccc(-c3ccc(-c4cnc([C@@H]5CN(S(=O)(=O)c6ccccc6)CN5C(=O)[C@@H](NC(=O)OC)C(C)C)[nH]4)cc3)cc2)[nH]1)C(C)C.COC(=O)N[C@H](C(=O)N1CN(S(=O)(=O)c2ccccc2)C[C@H]1c1ncc(-c2ccc(Br)cc2)[nH]1)C(C)C. The molecule has 0 spiro atoms. The number of nitrogens with zero attached hydrogens (tertiary/aromatic N) is 8. The predicted molar refractivity (Wildman–Crippen MR) is 375 cm³/mol. The molecule has 0 radical (unpaired) electrons. The minimum atomic E-state index is -3.98. The highest BCUT2D eigenvalue weighted by Crippen LogP contribution is 2.38. The van der Waals surface area contributed by atoms with E-state index in [1.165, 1.54) is 64.0 Å². The van der Waals surface area contributed by atoms with Gasteiger partial charge in [-0.15, -0.1) is 0 Å². The number of alkyl carbamates (subject to hydrolysis) is 3. The third-order valence-electron chi connectivity index (χ3n) is 17.8. The standard InChI is InChI=1S/C45H53N9O8S.C25H28BrN5O5S/c1-27(2)38(50-44(57)61-5)42(55)53-22-10-13-36(53)40-46-23-34(48-40)31-18-14-29(15-19-31)30-16-20-32(21-17-30)35-24-47-41(49-35)37-25-52(63(59,60)33-11-8-7-9-12-33)26-54(37)43(56)39(28(3)4)51-45(58)62-6;1-16(2)22(29-25(33)36-3)24(32)31-15-30(37(34,35)19-7-5-4-6-8-19)14-21(31)23-27-13-20(28-23)17-9-11-18(26)12-10-17/h7-9,11-12,14-21,23-24,27-28,36-39H,10,13,22,25-26H2,1-6H3,(H,46,48)(H,47,49)(H,50,57)(H,51,58);4-13,16,21-22H,14-15H2,1-3H3,(H,27,28)(H,29,33)/t36-,37-,38-,39-;21-,22-/m00/s1. The first-order chi connectivity index (χ1) is 47.8. The van der Waals surface area contributed by atoms with Crippen molar-refractivity contribution >= 4 is 72.0 Å². The summed E-state index contributed by atoms with van der Waals surface area (Å²) in [6.07, 6.45) is 4.50. The summed E-state index contributed by atoms with van der Waals surface area (Å²) >= 11 is 3.42. The number of amides is 6. The Labute approximate surface area is 589 Å². The second kappa shape index (κ2) is 31.6. The van der Waals surface area contributed by atoms with Gasteiger partial charge in [-0.3, -0.25) is 14.4 Å². The van der Waals surface area contributed by atoms with Gasteiger partial charge in [-0.1, -0.05) is 155 Å². The number of hydrogen-bond acceptors (Lipinski definition) is 16. The van der Waals surface area contributed by atoms with Gasteiger partial charge in [-0.2, -0.15) is 8.61 Å². The van der Waals surface area contributed by atoms with Gasteiger partial charge in [0.1, 0.15) is 47.7 Å². The zero-order valence-corrected chi connectivity index (χ0v) is 59.9. The quantitative estimate of drug-likeness (QED) is 0.0386. The molecule has 0 unspecified atom stereocenters. The second-order valence-electron chi connectivity index (χ2n) is 25.3. The molecule has 3 aliphatic heterocycles. The predicted octanol–water partition coefficient (Wildman–Crippen LogP) is 9.84.